The maximum atomic E-state index is 11.8. The molecule has 1 heterocycles. The van der Waals surface area contributed by atoms with Gasteiger partial charge < -0.3 is 9.84 Å². The van der Waals surface area contributed by atoms with Crippen molar-refractivity contribution in [2.24, 2.45) is 5.92 Å². The molecule has 2 rings (SSSR count). The van der Waals surface area contributed by atoms with Crippen LogP contribution < -0.4 is 5.32 Å². The van der Waals surface area contributed by atoms with Crippen LogP contribution >= 0.6 is 11.6 Å². The second-order valence-electron chi connectivity index (χ2n) is 5.81. The molecule has 0 aliphatic heterocycles. The van der Waals surface area contributed by atoms with Crippen LogP contribution in [0, 0.1) is 12.8 Å². The molecule has 0 radical (unpaired) electrons. The number of hydrogen-bond acceptors (Lipinski definition) is 4. The van der Waals surface area contributed by atoms with Gasteiger partial charge in [0.2, 0.25) is 17.6 Å². The maximum absolute atomic E-state index is 11.8. The molecule has 1 N–H and O–H groups in total. The Balaban J connectivity index is 2.10. The normalized spacial score (nSPS) is 12.5. The van der Waals surface area contributed by atoms with E-state index in [1.165, 1.54) is 0 Å². The lowest BCUT2D eigenvalue weighted by molar-refractivity contribution is -0.122. The zero-order valence-electron chi connectivity index (χ0n) is 13.2. The summed E-state index contributed by atoms with van der Waals surface area (Å²) in [5.41, 5.74) is 1.77. The first-order valence-electron chi connectivity index (χ1n) is 7.26. The predicted octanol–water partition coefficient (Wildman–Crippen LogP) is 3.92. The lowest BCUT2D eigenvalue weighted by Gasteiger charge is -2.10. The smallest absolute Gasteiger partial charge is 0.249 e. The molecule has 5 nitrogen and oxygen atoms in total. The van der Waals surface area contributed by atoms with Crippen molar-refractivity contribution >= 4 is 17.5 Å². The lowest BCUT2D eigenvalue weighted by Crippen LogP contribution is -2.27. The zero-order valence-corrected chi connectivity index (χ0v) is 13.9. The SMILES string of the molecule is Cc1ccc(-c2noc([C@@H](C)NC(=O)CC(C)C)n2)cc1Cl. The van der Waals surface area contributed by atoms with Crippen LogP contribution in [0.4, 0.5) is 0 Å². The van der Waals surface area contributed by atoms with Crippen LogP contribution in [0.3, 0.4) is 0 Å². The number of aryl methyl sites for hydroxylation is 1. The molecule has 1 aromatic heterocycles. The highest BCUT2D eigenvalue weighted by Gasteiger charge is 2.18. The molecule has 0 aliphatic rings. The summed E-state index contributed by atoms with van der Waals surface area (Å²) in [5, 5.41) is 7.46. The van der Waals surface area contributed by atoms with Gasteiger partial charge in [0.05, 0.1) is 0 Å². The molecule has 0 bridgehead atoms. The summed E-state index contributed by atoms with van der Waals surface area (Å²) < 4.78 is 5.24. The fourth-order valence-electron chi connectivity index (χ4n) is 1.99. The summed E-state index contributed by atoms with van der Waals surface area (Å²) in [4.78, 5) is 16.1. The number of nitrogens with one attached hydrogen (secondary N) is 1. The average molecular weight is 322 g/mol. The standard InChI is InChI=1S/C16H20ClN3O2/c1-9(2)7-14(21)18-11(4)16-19-15(20-22-16)12-6-5-10(3)13(17)8-12/h5-6,8-9,11H,7H2,1-4H3,(H,18,21)/t11-/m1/s1. The fraction of sp³-hybridized carbons (Fsp3) is 0.438. The summed E-state index contributed by atoms with van der Waals surface area (Å²) in [6.07, 6.45) is 0.471. The molecule has 0 saturated carbocycles. The third-order valence-electron chi connectivity index (χ3n) is 3.21. The number of carbonyl (C=O) groups excluding carboxylic acids is 1. The molecule has 0 unspecified atom stereocenters. The highest BCUT2D eigenvalue weighted by Crippen LogP contribution is 2.24. The van der Waals surface area contributed by atoms with Gasteiger partial charge in [-0.25, -0.2) is 0 Å². The number of carbonyl (C=O) groups is 1. The summed E-state index contributed by atoms with van der Waals surface area (Å²) in [6.45, 7) is 7.74. The van der Waals surface area contributed by atoms with Crippen molar-refractivity contribution in [1.82, 2.24) is 15.5 Å². The Labute approximate surface area is 135 Å². The van der Waals surface area contributed by atoms with Crippen LogP contribution in [0.25, 0.3) is 11.4 Å². The van der Waals surface area contributed by atoms with Crippen molar-refractivity contribution in [2.45, 2.75) is 40.2 Å². The van der Waals surface area contributed by atoms with E-state index in [4.69, 9.17) is 16.1 Å². The van der Waals surface area contributed by atoms with Crippen molar-refractivity contribution in [3.63, 3.8) is 0 Å². The second kappa shape index (κ2) is 6.92. The lowest BCUT2D eigenvalue weighted by atomic mass is 10.1. The van der Waals surface area contributed by atoms with E-state index in [-0.39, 0.29) is 11.9 Å². The molecule has 0 spiro atoms. The quantitative estimate of drug-likeness (QED) is 0.906. The molecular weight excluding hydrogens is 302 g/mol. The Kier molecular flexibility index (Phi) is 5.19. The molecule has 22 heavy (non-hydrogen) atoms. The molecule has 1 atom stereocenters. The minimum Gasteiger partial charge on any atom is -0.345 e. The molecule has 6 heteroatoms. The Bertz CT molecular complexity index is 667. The Hall–Kier alpha value is -1.88. The third kappa shape index (κ3) is 4.07. The minimum atomic E-state index is -0.326. The van der Waals surface area contributed by atoms with Crippen molar-refractivity contribution in [1.29, 1.82) is 0 Å². The molecule has 1 aromatic carbocycles. The summed E-state index contributed by atoms with van der Waals surface area (Å²) in [5.74, 6) is 1.12. The molecule has 0 fully saturated rings. The first-order chi connectivity index (χ1) is 10.4. The molecule has 1 amide bonds. The average Bonchev–Trinajstić information content (AvgIpc) is 2.90. The fourth-order valence-corrected chi connectivity index (χ4v) is 2.17. The Morgan fingerprint density at radius 2 is 2.09 bits per heavy atom. The van der Waals surface area contributed by atoms with E-state index in [0.717, 1.165) is 11.1 Å². The van der Waals surface area contributed by atoms with E-state index in [1.807, 2.05) is 39.8 Å². The van der Waals surface area contributed by atoms with E-state index >= 15 is 0 Å². The summed E-state index contributed by atoms with van der Waals surface area (Å²) in [7, 11) is 0. The van der Waals surface area contributed by atoms with Crippen molar-refractivity contribution in [2.75, 3.05) is 0 Å². The molecular formula is C16H20ClN3O2. The number of benzene rings is 1. The first-order valence-corrected chi connectivity index (χ1v) is 7.64. The predicted molar refractivity (Wildman–Crippen MR) is 85.5 cm³/mol. The number of halogens is 1. The van der Waals surface area contributed by atoms with Crippen LogP contribution in [0.15, 0.2) is 22.7 Å². The highest BCUT2D eigenvalue weighted by atomic mass is 35.5. The molecule has 0 saturated heterocycles. The van der Waals surface area contributed by atoms with Gasteiger partial charge in [0.15, 0.2) is 0 Å². The number of nitrogens with zero attached hydrogens (tertiary/aromatic N) is 2. The van der Waals surface area contributed by atoms with Crippen molar-refractivity contribution < 1.29 is 9.32 Å². The molecule has 2 aromatic rings. The van der Waals surface area contributed by atoms with Gasteiger partial charge in [-0.05, 0) is 31.4 Å². The van der Waals surface area contributed by atoms with Crippen LogP contribution in [0.5, 0.6) is 0 Å². The number of hydrogen-bond donors (Lipinski definition) is 1. The van der Waals surface area contributed by atoms with Crippen LogP contribution in [-0.2, 0) is 4.79 Å². The monoisotopic (exact) mass is 321 g/mol. The van der Waals surface area contributed by atoms with E-state index < -0.39 is 0 Å². The topological polar surface area (TPSA) is 68.0 Å². The highest BCUT2D eigenvalue weighted by molar-refractivity contribution is 6.31. The maximum Gasteiger partial charge on any atom is 0.249 e. The van der Waals surface area contributed by atoms with Crippen LogP contribution in [0.1, 0.15) is 44.7 Å². The van der Waals surface area contributed by atoms with Crippen LogP contribution in [-0.4, -0.2) is 16.0 Å². The zero-order chi connectivity index (χ0) is 16.3. The van der Waals surface area contributed by atoms with Gasteiger partial charge in [0.1, 0.15) is 6.04 Å². The summed E-state index contributed by atoms with van der Waals surface area (Å²) in [6, 6.07) is 5.26. The Morgan fingerprint density at radius 3 is 2.73 bits per heavy atom. The Morgan fingerprint density at radius 1 is 1.36 bits per heavy atom. The van der Waals surface area contributed by atoms with E-state index in [0.29, 0.717) is 29.1 Å². The van der Waals surface area contributed by atoms with Gasteiger partial charge in [0.25, 0.3) is 0 Å². The van der Waals surface area contributed by atoms with Gasteiger partial charge in [-0.15, -0.1) is 0 Å². The molecule has 118 valence electrons. The second-order valence-corrected chi connectivity index (χ2v) is 6.21. The first kappa shape index (κ1) is 16.5. The van der Waals surface area contributed by atoms with Crippen LogP contribution in [0.2, 0.25) is 5.02 Å². The van der Waals surface area contributed by atoms with Gasteiger partial charge in [0, 0.05) is 17.0 Å². The minimum absolute atomic E-state index is 0.0272. The van der Waals surface area contributed by atoms with Crippen molar-refractivity contribution in [3.8, 4) is 11.4 Å². The summed E-state index contributed by atoms with van der Waals surface area (Å²) >= 11 is 6.11. The van der Waals surface area contributed by atoms with Crippen molar-refractivity contribution in [3.05, 3.63) is 34.7 Å². The molecule has 0 aliphatic carbocycles. The van der Waals surface area contributed by atoms with Gasteiger partial charge in [-0.3, -0.25) is 4.79 Å². The van der Waals surface area contributed by atoms with E-state index in [9.17, 15) is 4.79 Å². The number of rotatable bonds is 5. The number of aromatic nitrogens is 2. The van der Waals surface area contributed by atoms with E-state index in [2.05, 4.69) is 15.5 Å². The third-order valence-corrected chi connectivity index (χ3v) is 3.62. The van der Waals surface area contributed by atoms with Gasteiger partial charge in [-0.2, -0.15) is 4.98 Å². The largest absolute Gasteiger partial charge is 0.345 e. The number of amides is 1. The van der Waals surface area contributed by atoms with E-state index in [1.54, 1.807) is 6.07 Å². The van der Waals surface area contributed by atoms with Gasteiger partial charge in [-0.1, -0.05) is 42.7 Å². The van der Waals surface area contributed by atoms with Gasteiger partial charge >= 0.3 is 0 Å².